The fourth-order valence-corrected chi connectivity index (χ4v) is 2.04. The van der Waals surface area contributed by atoms with Crippen molar-refractivity contribution >= 4 is 11.1 Å². The summed E-state index contributed by atoms with van der Waals surface area (Å²) in [5.41, 5.74) is 0. The third-order valence-corrected chi connectivity index (χ3v) is 3.13. The molecule has 1 N–H and O–H groups in total. The standard InChI is InChI=1S/C14H26O2S/c1-2-3-4-5-6-7-8-9-10-11-12-13-14-17(15)16/h2-12H2,1H3,(H,15,16). The van der Waals surface area contributed by atoms with Crippen molar-refractivity contribution in [3.8, 4) is 11.2 Å². The van der Waals surface area contributed by atoms with Crippen molar-refractivity contribution in [2.75, 3.05) is 0 Å². The van der Waals surface area contributed by atoms with E-state index >= 15 is 0 Å². The topological polar surface area (TPSA) is 37.3 Å². The molecule has 0 saturated heterocycles. The molecule has 0 aromatic heterocycles. The lowest BCUT2D eigenvalue weighted by atomic mass is 10.1. The molecule has 0 saturated carbocycles. The molecule has 0 fully saturated rings. The number of rotatable bonds is 10. The molecule has 3 heteroatoms. The van der Waals surface area contributed by atoms with Gasteiger partial charge in [-0.3, -0.25) is 4.55 Å². The van der Waals surface area contributed by atoms with Gasteiger partial charge in [0.05, 0.1) is 0 Å². The second-order valence-electron chi connectivity index (χ2n) is 4.46. The van der Waals surface area contributed by atoms with Crippen LogP contribution in [0.4, 0.5) is 0 Å². The molecular formula is C14H26O2S. The highest BCUT2D eigenvalue weighted by Crippen LogP contribution is 2.10. The first-order valence-electron chi connectivity index (χ1n) is 6.86. The fourth-order valence-electron chi connectivity index (χ4n) is 1.81. The molecule has 0 aromatic carbocycles. The summed E-state index contributed by atoms with van der Waals surface area (Å²) in [6, 6.07) is 0. The lowest BCUT2D eigenvalue weighted by molar-refractivity contribution is 0.558. The van der Waals surface area contributed by atoms with Gasteiger partial charge in [0.1, 0.15) is 0 Å². The normalized spacial score (nSPS) is 11.9. The van der Waals surface area contributed by atoms with Gasteiger partial charge < -0.3 is 0 Å². The molecule has 0 amide bonds. The lowest BCUT2D eigenvalue weighted by Gasteiger charge is -2.00. The Balaban J connectivity index is 3.04. The average Bonchev–Trinajstić information content (AvgIpc) is 2.30. The van der Waals surface area contributed by atoms with Crippen LogP contribution in [0, 0.1) is 11.2 Å². The van der Waals surface area contributed by atoms with Crippen molar-refractivity contribution in [3.05, 3.63) is 0 Å². The van der Waals surface area contributed by atoms with Gasteiger partial charge >= 0.3 is 0 Å². The predicted molar refractivity (Wildman–Crippen MR) is 75.0 cm³/mol. The van der Waals surface area contributed by atoms with Crippen molar-refractivity contribution in [1.29, 1.82) is 0 Å². The van der Waals surface area contributed by atoms with Crippen LogP contribution < -0.4 is 0 Å². The molecule has 1 atom stereocenters. The Morgan fingerprint density at radius 1 is 0.882 bits per heavy atom. The van der Waals surface area contributed by atoms with Gasteiger partial charge in [-0.05, 0) is 6.42 Å². The first kappa shape index (κ1) is 16.7. The van der Waals surface area contributed by atoms with E-state index in [2.05, 4.69) is 18.1 Å². The van der Waals surface area contributed by atoms with Gasteiger partial charge in [0.15, 0.2) is 0 Å². The Kier molecular flexibility index (Phi) is 13.5. The Labute approximate surface area is 109 Å². The van der Waals surface area contributed by atoms with Crippen LogP contribution in [0.15, 0.2) is 0 Å². The maximum absolute atomic E-state index is 10.2. The van der Waals surface area contributed by atoms with E-state index in [1.54, 1.807) is 0 Å². The van der Waals surface area contributed by atoms with Crippen molar-refractivity contribution in [1.82, 2.24) is 0 Å². The molecule has 0 spiro atoms. The lowest BCUT2D eigenvalue weighted by Crippen LogP contribution is -1.82. The Morgan fingerprint density at radius 2 is 1.35 bits per heavy atom. The van der Waals surface area contributed by atoms with Crippen LogP contribution in [-0.2, 0) is 11.1 Å². The molecule has 0 aliphatic carbocycles. The fraction of sp³-hybridized carbons (Fsp3) is 0.857. The van der Waals surface area contributed by atoms with Gasteiger partial charge in [-0.1, -0.05) is 70.6 Å². The first-order chi connectivity index (χ1) is 8.27. The molecule has 0 bridgehead atoms. The third-order valence-electron chi connectivity index (χ3n) is 2.81. The van der Waals surface area contributed by atoms with E-state index in [1.165, 1.54) is 57.8 Å². The van der Waals surface area contributed by atoms with Gasteiger partial charge in [0.25, 0.3) is 0 Å². The molecule has 0 aliphatic rings. The minimum absolute atomic E-state index is 0.753. The van der Waals surface area contributed by atoms with Gasteiger partial charge in [0.2, 0.25) is 11.1 Å². The molecule has 0 radical (unpaired) electrons. The molecule has 1 unspecified atom stereocenters. The summed E-state index contributed by atoms with van der Waals surface area (Å²) in [7, 11) is 0. The van der Waals surface area contributed by atoms with Crippen LogP contribution >= 0.6 is 0 Å². The van der Waals surface area contributed by atoms with E-state index in [1.807, 2.05) is 0 Å². The van der Waals surface area contributed by atoms with E-state index in [4.69, 9.17) is 4.55 Å². The molecule has 0 aliphatic heterocycles. The second kappa shape index (κ2) is 13.7. The second-order valence-corrected chi connectivity index (χ2v) is 5.16. The SMILES string of the molecule is CCCCCCCCCCCCC#CS(=O)O. The zero-order chi connectivity index (χ0) is 12.8. The summed E-state index contributed by atoms with van der Waals surface area (Å²) in [5, 5.41) is 2.25. The van der Waals surface area contributed by atoms with E-state index in [0.717, 1.165) is 12.8 Å². The predicted octanol–water partition coefficient (Wildman–Crippen LogP) is 4.48. The molecule has 0 rings (SSSR count). The summed E-state index contributed by atoms with van der Waals surface area (Å²) in [4.78, 5) is 0. The van der Waals surface area contributed by atoms with Crippen molar-refractivity contribution in [2.24, 2.45) is 0 Å². The molecule has 17 heavy (non-hydrogen) atoms. The molecule has 0 aromatic rings. The van der Waals surface area contributed by atoms with Crippen molar-refractivity contribution < 1.29 is 8.76 Å². The van der Waals surface area contributed by atoms with Gasteiger partial charge in [-0.2, -0.15) is 0 Å². The number of hydrogen-bond donors (Lipinski definition) is 1. The maximum atomic E-state index is 10.2. The summed E-state index contributed by atoms with van der Waals surface area (Å²) in [5.74, 6) is 2.71. The Hall–Kier alpha value is -0.330. The van der Waals surface area contributed by atoms with Crippen molar-refractivity contribution in [3.63, 3.8) is 0 Å². The van der Waals surface area contributed by atoms with Crippen LogP contribution in [0.2, 0.25) is 0 Å². The van der Waals surface area contributed by atoms with E-state index in [9.17, 15) is 4.21 Å². The van der Waals surface area contributed by atoms with Gasteiger partial charge in [0, 0.05) is 11.7 Å². The van der Waals surface area contributed by atoms with E-state index in [-0.39, 0.29) is 0 Å². The monoisotopic (exact) mass is 258 g/mol. The quantitative estimate of drug-likeness (QED) is 0.356. The number of unbranched alkanes of at least 4 members (excludes halogenated alkanes) is 10. The van der Waals surface area contributed by atoms with Crippen molar-refractivity contribution in [2.45, 2.75) is 77.6 Å². The molecule has 2 nitrogen and oxygen atoms in total. The van der Waals surface area contributed by atoms with Gasteiger partial charge in [-0.25, -0.2) is 4.21 Å². The Morgan fingerprint density at radius 3 is 1.82 bits per heavy atom. The minimum Gasteiger partial charge on any atom is -0.296 e. The van der Waals surface area contributed by atoms with E-state index < -0.39 is 11.1 Å². The van der Waals surface area contributed by atoms with Crippen LogP contribution in [0.3, 0.4) is 0 Å². The summed E-state index contributed by atoms with van der Waals surface area (Å²) in [6.45, 7) is 2.25. The zero-order valence-corrected chi connectivity index (χ0v) is 11.9. The summed E-state index contributed by atoms with van der Waals surface area (Å²) >= 11 is -1.94. The molecule has 100 valence electrons. The molecule has 0 heterocycles. The Bertz CT molecular complexity index is 240. The minimum atomic E-state index is -1.94. The first-order valence-corrected chi connectivity index (χ1v) is 7.97. The summed E-state index contributed by atoms with van der Waals surface area (Å²) in [6.07, 6.45) is 13.8. The highest BCUT2D eigenvalue weighted by atomic mass is 32.2. The van der Waals surface area contributed by atoms with Crippen LogP contribution in [0.5, 0.6) is 0 Å². The van der Waals surface area contributed by atoms with Crippen LogP contribution in [0.1, 0.15) is 77.6 Å². The smallest absolute Gasteiger partial charge is 0.233 e. The molecular weight excluding hydrogens is 232 g/mol. The zero-order valence-electron chi connectivity index (χ0n) is 11.0. The maximum Gasteiger partial charge on any atom is 0.233 e. The third kappa shape index (κ3) is 15.7. The van der Waals surface area contributed by atoms with Crippen LogP contribution in [-0.4, -0.2) is 8.76 Å². The summed E-state index contributed by atoms with van der Waals surface area (Å²) < 4.78 is 18.6. The van der Waals surface area contributed by atoms with E-state index in [0.29, 0.717) is 0 Å². The largest absolute Gasteiger partial charge is 0.296 e. The van der Waals surface area contributed by atoms with Gasteiger partial charge in [-0.15, -0.1) is 0 Å². The number of hydrogen-bond acceptors (Lipinski definition) is 1. The average molecular weight is 258 g/mol. The highest BCUT2D eigenvalue weighted by Gasteiger charge is 1.91. The van der Waals surface area contributed by atoms with Crippen LogP contribution in [0.25, 0.3) is 0 Å². The highest BCUT2D eigenvalue weighted by molar-refractivity contribution is 7.84.